The molecule has 8 nitrogen and oxygen atoms in total. The zero-order chi connectivity index (χ0) is 12.5. The first kappa shape index (κ1) is 11.3. The summed E-state index contributed by atoms with van der Waals surface area (Å²) in [5.41, 5.74) is 5.76. The van der Waals surface area contributed by atoms with Gasteiger partial charge in [0, 0.05) is 7.05 Å². The minimum atomic E-state index is -3.79. The van der Waals surface area contributed by atoms with E-state index in [0.29, 0.717) is 0 Å². The molecule has 0 atom stereocenters. The lowest BCUT2D eigenvalue weighted by atomic mass is 10.6. The average Bonchev–Trinajstić information content (AvgIpc) is 2.59. The number of nitrogen functional groups attached to an aromatic ring is 1. The summed E-state index contributed by atoms with van der Waals surface area (Å²) < 4.78 is 27.6. The van der Waals surface area contributed by atoms with Crippen molar-refractivity contribution in [2.24, 2.45) is 7.05 Å². The topological polar surface area (TPSA) is 116 Å². The molecule has 0 fully saturated rings. The molecule has 90 valence electrons. The number of nitrogens with one attached hydrogen (secondary N) is 1. The van der Waals surface area contributed by atoms with Crippen LogP contribution in [0.25, 0.3) is 0 Å². The van der Waals surface area contributed by atoms with E-state index in [-0.39, 0.29) is 16.5 Å². The summed E-state index contributed by atoms with van der Waals surface area (Å²) in [4.78, 5) is 11.1. The monoisotopic (exact) mass is 254 g/mol. The number of anilines is 2. The predicted molar refractivity (Wildman–Crippen MR) is 60.5 cm³/mol. The van der Waals surface area contributed by atoms with Crippen molar-refractivity contribution < 1.29 is 8.42 Å². The standard InChI is InChI=1S/C8H10N6O2S/c1-14-5-12-7(9)8(14)17(15,16)13-6-2-10-4-11-3-6/h2-5,13H,9H2,1H3. The molecule has 0 radical (unpaired) electrons. The van der Waals surface area contributed by atoms with Gasteiger partial charge in [0.05, 0.1) is 24.4 Å². The van der Waals surface area contributed by atoms with E-state index in [1.54, 1.807) is 7.05 Å². The molecule has 0 aliphatic heterocycles. The van der Waals surface area contributed by atoms with Gasteiger partial charge >= 0.3 is 0 Å². The van der Waals surface area contributed by atoms with Crippen molar-refractivity contribution in [2.75, 3.05) is 10.5 Å². The van der Waals surface area contributed by atoms with Crippen LogP contribution in [-0.2, 0) is 17.1 Å². The number of aryl methyl sites for hydroxylation is 1. The molecule has 0 aromatic carbocycles. The molecule has 0 saturated heterocycles. The Morgan fingerprint density at radius 1 is 1.35 bits per heavy atom. The predicted octanol–water partition coefficient (Wildman–Crippen LogP) is -0.407. The molecule has 0 saturated carbocycles. The van der Waals surface area contributed by atoms with Gasteiger partial charge in [-0.2, -0.15) is 8.42 Å². The van der Waals surface area contributed by atoms with Crippen LogP contribution in [-0.4, -0.2) is 27.9 Å². The fourth-order valence-electron chi connectivity index (χ4n) is 1.32. The van der Waals surface area contributed by atoms with E-state index >= 15 is 0 Å². The molecule has 0 amide bonds. The van der Waals surface area contributed by atoms with Crippen LogP contribution in [0.15, 0.2) is 30.1 Å². The second kappa shape index (κ2) is 4.01. The fraction of sp³-hybridized carbons (Fsp3) is 0.125. The van der Waals surface area contributed by atoms with Gasteiger partial charge in [-0.25, -0.2) is 15.0 Å². The molecule has 0 bridgehead atoms. The van der Waals surface area contributed by atoms with Gasteiger partial charge in [0.2, 0.25) is 0 Å². The molecule has 2 rings (SSSR count). The van der Waals surface area contributed by atoms with Crippen LogP contribution in [0.5, 0.6) is 0 Å². The van der Waals surface area contributed by atoms with Crippen molar-refractivity contribution in [3.8, 4) is 0 Å². The van der Waals surface area contributed by atoms with Gasteiger partial charge in [0.25, 0.3) is 10.0 Å². The second-order valence-electron chi connectivity index (χ2n) is 3.28. The lowest BCUT2D eigenvalue weighted by Crippen LogP contribution is -2.17. The van der Waals surface area contributed by atoms with Gasteiger partial charge in [0.1, 0.15) is 6.33 Å². The van der Waals surface area contributed by atoms with Gasteiger partial charge in [-0.05, 0) is 0 Å². The van der Waals surface area contributed by atoms with Crippen molar-refractivity contribution in [3.05, 3.63) is 25.0 Å². The smallest absolute Gasteiger partial charge is 0.281 e. The van der Waals surface area contributed by atoms with Crippen LogP contribution in [0, 0.1) is 0 Å². The van der Waals surface area contributed by atoms with Gasteiger partial charge in [0.15, 0.2) is 10.8 Å². The largest absolute Gasteiger partial charge is 0.381 e. The van der Waals surface area contributed by atoms with Gasteiger partial charge in [-0.15, -0.1) is 0 Å². The molecule has 2 heterocycles. The van der Waals surface area contributed by atoms with Crippen molar-refractivity contribution >= 4 is 21.5 Å². The second-order valence-corrected chi connectivity index (χ2v) is 4.88. The maximum atomic E-state index is 12.0. The van der Waals surface area contributed by atoms with E-state index in [1.807, 2.05) is 0 Å². The Balaban J connectivity index is 2.39. The molecule has 2 aromatic rings. The van der Waals surface area contributed by atoms with E-state index in [0.717, 1.165) is 0 Å². The molecule has 17 heavy (non-hydrogen) atoms. The lowest BCUT2D eigenvalue weighted by molar-refractivity contribution is 0.592. The zero-order valence-electron chi connectivity index (χ0n) is 8.90. The molecule has 0 spiro atoms. The van der Waals surface area contributed by atoms with Crippen LogP contribution in [0.1, 0.15) is 0 Å². The van der Waals surface area contributed by atoms with E-state index in [1.165, 1.54) is 29.6 Å². The van der Waals surface area contributed by atoms with E-state index < -0.39 is 10.0 Å². The third-order valence-corrected chi connectivity index (χ3v) is 3.49. The van der Waals surface area contributed by atoms with Crippen molar-refractivity contribution in [3.63, 3.8) is 0 Å². The maximum absolute atomic E-state index is 12.0. The number of sulfonamides is 1. The van der Waals surface area contributed by atoms with Crippen molar-refractivity contribution in [1.29, 1.82) is 0 Å². The Labute approximate surface area is 97.6 Å². The number of nitrogens with two attached hydrogens (primary N) is 1. The highest BCUT2D eigenvalue weighted by atomic mass is 32.2. The van der Waals surface area contributed by atoms with Gasteiger partial charge in [-0.1, -0.05) is 0 Å². The fourth-order valence-corrected chi connectivity index (χ4v) is 2.59. The highest BCUT2D eigenvalue weighted by Crippen LogP contribution is 2.18. The Hall–Kier alpha value is -2.16. The van der Waals surface area contributed by atoms with Crippen LogP contribution in [0.2, 0.25) is 0 Å². The molecule has 9 heteroatoms. The third-order valence-electron chi connectivity index (χ3n) is 1.98. The quantitative estimate of drug-likeness (QED) is 0.769. The summed E-state index contributed by atoms with van der Waals surface area (Å²) in [6.45, 7) is 0. The van der Waals surface area contributed by atoms with Crippen molar-refractivity contribution in [1.82, 2.24) is 19.5 Å². The minimum Gasteiger partial charge on any atom is -0.381 e. The zero-order valence-corrected chi connectivity index (χ0v) is 9.72. The van der Waals surface area contributed by atoms with E-state index in [9.17, 15) is 8.42 Å². The minimum absolute atomic E-state index is 0.0585. The number of aromatic nitrogens is 4. The lowest BCUT2D eigenvalue weighted by Gasteiger charge is -2.07. The summed E-state index contributed by atoms with van der Waals surface area (Å²) in [6.07, 6.45) is 5.32. The third kappa shape index (κ3) is 2.18. The average molecular weight is 254 g/mol. The van der Waals surface area contributed by atoms with E-state index in [2.05, 4.69) is 19.7 Å². The van der Waals surface area contributed by atoms with Crippen LogP contribution < -0.4 is 10.5 Å². The summed E-state index contributed by atoms with van der Waals surface area (Å²) in [5, 5.41) is -0.0960. The Morgan fingerprint density at radius 3 is 2.53 bits per heavy atom. The summed E-state index contributed by atoms with van der Waals surface area (Å²) in [6, 6.07) is 0. The maximum Gasteiger partial charge on any atom is 0.281 e. The molecular weight excluding hydrogens is 244 g/mol. The summed E-state index contributed by atoms with van der Waals surface area (Å²) in [5.74, 6) is -0.0585. The van der Waals surface area contributed by atoms with Gasteiger partial charge < -0.3 is 10.3 Å². The normalized spacial score (nSPS) is 11.4. The highest BCUT2D eigenvalue weighted by Gasteiger charge is 2.22. The number of hydrogen-bond acceptors (Lipinski definition) is 6. The Morgan fingerprint density at radius 2 is 2.00 bits per heavy atom. The van der Waals surface area contributed by atoms with Crippen molar-refractivity contribution in [2.45, 2.75) is 5.03 Å². The van der Waals surface area contributed by atoms with E-state index in [4.69, 9.17) is 5.73 Å². The van der Waals surface area contributed by atoms with Crippen LogP contribution in [0.3, 0.4) is 0 Å². The first-order chi connectivity index (χ1) is 8.00. The summed E-state index contributed by atoms with van der Waals surface area (Å²) in [7, 11) is -2.24. The Bertz CT molecular complexity index is 601. The molecule has 0 unspecified atom stereocenters. The number of rotatable bonds is 3. The molecule has 2 aromatic heterocycles. The van der Waals surface area contributed by atoms with Gasteiger partial charge in [-0.3, -0.25) is 4.72 Å². The van der Waals surface area contributed by atoms with Crippen LogP contribution in [0.4, 0.5) is 11.5 Å². The highest BCUT2D eigenvalue weighted by molar-refractivity contribution is 7.92. The molecule has 0 aliphatic rings. The first-order valence-corrected chi connectivity index (χ1v) is 6.03. The number of imidazole rings is 1. The Kier molecular flexibility index (Phi) is 2.68. The molecule has 3 N–H and O–H groups in total. The molecule has 0 aliphatic carbocycles. The molecular formula is C8H10N6O2S. The summed E-state index contributed by atoms with van der Waals surface area (Å²) >= 11 is 0. The number of nitrogens with zero attached hydrogens (tertiary/aromatic N) is 4. The SMILES string of the molecule is Cn1cnc(N)c1S(=O)(=O)Nc1cncnc1. The number of hydrogen-bond donors (Lipinski definition) is 2. The van der Waals surface area contributed by atoms with Crippen LogP contribution >= 0.6 is 0 Å². The first-order valence-electron chi connectivity index (χ1n) is 4.55.